The number of nitrogens with zero attached hydrogens (tertiary/aromatic N) is 2. The molecule has 5 nitrogen and oxygen atoms in total. The van der Waals surface area contributed by atoms with Crippen molar-refractivity contribution < 1.29 is 14.2 Å². The van der Waals surface area contributed by atoms with Gasteiger partial charge in [0.15, 0.2) is 0 Å². The molecule has 0 unspecified atom stereocenters. The van der Waals surface area contributed by atoms with E-state index in [4.69, 9.17) is 37.4 Å². The van der Waals surface area contributed by atoms with E-state index in [-0.39, 0.29) is 6.10 Å². The van der Waals surface area contributed by atoms with Crippen LogP contribution in [-0.4, -0.2) is 60.9 Å². The zero-order valence-corrected chi connectivity index (χ0v) is 22.1. The number of ether oxygens (including phenoxy) is 3. The molecule has 2 aromatic rings. The number of benzene rings is 2. The van der Waals surface area contributed by atoms with E-state index in [2.05, 4.69) is 58.4 Å². The van der Waals surface area contributed by atoms with Crippen LogP contribution in [-0.2, 0) is 15.3 Å². The second-order valence-corrected chi connectivity index (χ2v) is 10.1. The average molecular weight is 591 g/mol. The molecule has 0 saturated carbocycles. The third-order valence-electron chi connectivity index (χ3n) is 6.06. The molecule has 0 N–H and O–H groups in total. The molecule has 2 atom stereocenters. The van der Waals surface area contributed by atoms with Crippen LogP contribution in [0.5, 0.6) is 5.75 Å². The zero-order valence-electron chi connectivity index (χ0n) is 18.4. The van der Waals surface area contributed by atoms with Crippen LogP contribution in [0.1, 0.15) is 19.4 Å². The minimum Gasteiger partial charge on any atom is -0.491 e. The van der Waals surface area contributed by atoms with E-state index in [0.29, 0.717) is 33.7 Å². The second-order valence-electron chi connectivity index (χ2n) is 8.48. The molecule has 0 spiro atoms. The molecule has 8 heteroatoms. The maximum Gasteiger partial charge on any atom is 0.206 e. The Kier molecular flexibility index (Phi) is 8.11. The fourth-order valence-corrected chi connectivity index (χ4v) is 5.53. The minimum absolute atomic E-state index is 0.180. The fourth-order valence-electron chi connectivity index (χ4n) is 4.17. The molecule has 2 saturated heterocycles. The van der Waals surface area contributed by atoms with Crippen LogP contribution in [0, 0.1) is 0 Å². The average Bonchev–Trinajstić information content (AvgIpc) is 3.22. The molecule has 2 fully saturated rings. The summed E-state index contributed by atoms with van der Waals surface area (Å²) in [6.07, 6.45) is -0.180. The standard InChI is InChI=1S/C24H29Cl2IN2O3/c1-17(2)28-9-11-29(12-10-28)19-4-6-20(7-5-19)30-14-21-15-31-24(16-27,32-21)22-8-3-18(25)13-23(22)26/h3-8,13,17,21H,9-12,14-16H2,1-2H3/t21-,24-/m0/s1. The first-order valence-electron chi connectivity index (χ1n) is 11.0. The zero-order chi connectivity index (χ0) is 22.7. The normalized spacial score (nSPS) is 24.3. The van der Waals surface area contributed by atoms with Crippen LogP contribution in [0.2, 0.25) is 10.0 Å². The number of hydrogen-bond donors (Lipinski definition) is 0. The van der Waals surface area contributed by atoms with Gasteiger partial charge in [-0.2, -0.15) is 0 Å². The van der Waals surface area contributed by atoms with E-state index in [0.717, 1.165) is 37.5 Å². The first kappa shape index (κ1) is 24.4. The Balaban J connectivity index is 1.31. The van der Waals surface area contributed by atoms with Crippen LogP contribution in [0.25, 0.3) is 0 Å². The molecular formula is C24H29Cl2IN2O3. The van der Waals surface area contributed by atoms with Crippen molar-refractivity contribution in [3.8, 4) is 5.75 Å². The lowest BCUT2D eigenvalue weighted by atomic mass is 10.1. The second kappa shape index (κ2) is 10.7. The maximum absolute atomic E-state index is 6.42. The molecule has 32 heavy (non-hydrogen) atoms. The Morgan fingerprint density at radius 1 is 1.09 bits per heavy atom. The number of piperazine rings is 1. The number of halogens is 3. The predicted octanol–water partition coefficient (Wildman–Crippen LogP) is 5.61. The predicted molar refractivity (Wildman–Crippen MR) is 139 cm³/mol. The lowest BCUT2D eigenvalue weighted by Gasteiger charge is -2.38. The van der Waals surface area contributed by atoms with Gasteiger partial charge in [0, 0.05) is 48.5 Å². The van der Waals surface area contributed by atoms with Crippen molar-refractivity contribution in [2.75, 3.05) is 48.7 Å². The Hall–Kier alpha value is -0.770. The van der Waals surface area contributed by atoms with Crippen molar-refractivity contribution in [2.45, 2.75) is 31.8 Å². The molecule has 174 valence electrons. The number of hydrogen-bond acceptors (Lipinski definition) is 5. The monoisotopic (exact) mass is 590 g/mol. The van der Waals surface area contributed by atoms with Gasteiger partial charge in [-0.3, -0.25) is 4.90 Å². The van der Waals surface area contributed by atoms with Crippen LogP contribution in [0.15, 0.2) is 42.5 Å². The summed E-state index contributed by atoms with van der Waals surface area (Å²) >= 11 is 14.7. The molecule has 0 aliphatic carbocycles. The molecule has 2 aromatic carbocycles. The van der Waals surface area contributed by atoms with Gasteiger partial charge in [-0.1, -0.05) is 51.9 Å². The van der Waals surface area contributed by atoms with Crippen molar-refractivity contribution >= 4 is 51.5 Å². The first-order chi connectivity index (χ1) is 15.4. The van der Waals surface area contributed by atoms with Crippen molar-refractivity contribution in [2.24, 2.45) is 0 Å². The molecule has 4 rings (SSSR count). The highest BCUT2D eigenvalue weighted by Crippen LogP contribution is 2.40. The van der Waals surface area contributed by atoms with Gasteiger partial charge in [-0.25, -0.2) is 0 Å². The Morgan fingerprint density at radius 3 is 2.44 bits per heavy atom. The summed E-state index contributed by atoms with van der Waals surface area (Å²) in [4.78, 5) is 4.95. The van der Waals surface area contributed by atoms with E-state index in [9.17, 15) is 0 Å². The summed E-state index contributed by atoms with van der Waals surface area (Å²) in [5.74, 6) is -0.0483. The van der Waals surface area contributed by atoms with Gasteiger partial charge in [-0.05, 0) is 50.2 Å². The summed E-state index contributed by atoms with van der Waals surface area (Å²) in [5.41, 5.74) is 2.03. The van der Waals surface area contributed by atoms with Crippen molar-refractivity contribution in [3.05, 3.63) is 58.1 Å². The largest absolute Gasteiger partial charge is 0.491 e. The summed E-state index contributed by atoms with van der Waals surface area (Å²) in [6.45, 7) is 9.69. The van der Waals surface area contributed by atoms with Gasteiger partial charge in [0.25, 0.3) is 0 Å². The molecule has 0 amide bonds. The fraction of sp³-hybridized carbons (Fsp3) is 0.500. The Labute approximate surface area is 214 Å². The van der Waals surface area contributed by atoms with Gasteiger partial charge < -0.3 is 19.1 Å². The summed E-state index contributed by atoms with van der Waals surface area (Å²) < 4.78 is 19.0. The van der Waals surface area contributed by atoms with Crippen molar-refractivity contribution in [1.82, 2.24) is 4.90 Å². The highest BCUT2D eigenvalue weighted by Gasteiger charge is 2.44. The molecule has 0 radical (unpaired) electrons. The summed E-state index contributed by atoms with van der Waals surface area (Å²) in [5, 5.41) is 1.13. The van der Waals surface area contributed by atoms with Crippen molar-refractivity contribution in [1.29, 1.82) is 0 Å². The Morgan fingerprint density at radius 2 is 1.81 bits per heavy atom. The molecule has 0 aromatic heterocycles. The van der Waals surface area contributed by atoms with Gasteiger partial charge in [0.2, 0.25) is 5.79 Å². The lowest BCUT2D eigenvalue weighted by Crippen LogP contribution is -2.48. The highest BCUT2D eigenvalue weighted by atomic mass is 127. The molecule has 2 aliphatic heterocycles. The van der Waals surface area contributed by atoms with Gasteiger partial charge >= 0.3 is 0 Å². The maximum atomic E-state index is 6.42. The van der Waals surface area contributed by atoms with Crippen LogP contribution in [0.4, 0.5) is 5.69 Å². The molecular weight excluding hydrogens is 562 g/mol. The SMILES string of the molecule is CC(C)N1CCN(c2ccc(OC[C@H]3CO[C@](CI)(c4ccc(Cl)cc4Cl)O3)cc2)CC1. The van der Waals surface area contributed by atoms with E-state index in [1.807, 2.05) is 18.2 Å². The van der Waals surface area contributed by atoms with E-state index < -0.39 is 5.79 Å². The summed E-state index contributed by atoms with van der Waals surface area (Å²) in [6, 6.07) is 14.3. The van der Waals surface area contributed by atoms with Gasteiger partial charge in [0.1, 0.15) is 18.5 Å². The molecule has 2 heterocycles. The number of anilines is 1. The van der Waals surface area contributed by atoms with Crippen LogP contribution in [0.3, 0.4) is 0 Å². The minimum atomic E-state index is -0.877. The van der Waals surface area contributed by atoms with E-state index in [1.165, 1.54) is 5.69 Å². The highest BCUT2D eigenvalue weighted by molar-refractivity contribution is 14.1. The summed E-state index contributed by atoms with van der Waals surface area (Å²) in [7, 11) is 0. The third-order valence-corrected chi connectivity index (χ3v) is 7.61. The van der Waals surface area contributed by atoms with Gasteiger partial charge in [0.05, 0.1) is 16.1 Å². The van der Waals surface area contributed by atoms with Gasteiger partial charge in [-0.15, -0.1) is 0 Å². The number of rotatable bonds is 7. The van der Waals surface area contributed by atoms with E-state index >= 15 is 0 Å². The van der Waals surface area contributed by atoms with Crippen LogP contribution < -0.4 is 9.64 Å². The number of alkyl halides is 1. The topological polar surface area (TPSA) is 34.2 Å². The third kappa shape index (κ3) is 5.47. The quantitative estimate of drug-likeness (QED) is 0.309. The lowest BCUT2D eigenvalue weighted by molar-refractivity contribution is -0.158. The molecule has 2 aliphatic rings. The van der Waals surface area contributed by atoms with Crippen LogP contribution >= 0.6 is 45.8 Å². The smallest absolute Gasteiger partial charge is 0.206 e. The Bertz CT molecular complexity index is 907. The first-order valence-corrected chi connectivity index (χ1v) is 13.2. The van der Waals surface area contributed by atoms with Crippen molar-refractivity contribution in [3.63, 3.8) is 0 Å². The van der Waals surface area contributed by atoms with E-state index in [1.54, 1.807) is 12.1 Å². The molecule has 0 bridgehead atoms.